The van der Waals surface area contributed by atoms with E-state index in [9.17, 15) is 13.6 Å². The minimum Gasteiger partial charge on any atom is -0.347 e. The highest BCUT2D eigenvalue weighted by Gasteiger charge is 2.29. The molecule has 2 N–H and O–H groups in total. The molecule has 1 fully saturated rings. The third-order valence-corrected chi connectivity index (χ3v) is 5.90. The van der Waals surface area contributed by atoms with Crippen LogP contribution in [0, 0.1) is 18.6 Å². The minimum absolute atomic E-state index is 0.0568. The highest BCUT2D eigenvalue weighted by Crippen LogP contribution is 2.28. The van der Waals surface area contributed by atoms with Crippen molar-refractivity contribution < 1.29 is 13.6 Å². The van der Waals surface area contributed by atoms with Crippen LogP contribution in [0.2, 0.25) is 0 Å². The second-order valence-corrected chi connectivity index (χ2v) is 7.71. The summed E-state index contributed by atoms with van der Waals surface area (Å²) in [5.74, 6) is -1.91. The minimum atomic E-state index is -0.855. The smallest absolute Gasteiger partial charge is 0.263 e. The predicted octanol–water partition coefficient (Wildman–Crippen LogP) is 3.56. The molecule has 2 aromatic rings. The number of nitrogens with zero attached hydrogens (tertiary/aromatic N) is 1. The SMILES string of the molecule is CCCc1nc(C)c(C(=O)NC2CNCCC2c2ccc(F)c(F)c2)s1. The van der Waals surface area contributed by atoms with Gasteiger partial charge in [0, 0.05) is 18.5 Å². The lowest BCUT2D eigenvalue weighted by Crippen LogP contribution is -2.50. The Morgan fingerprint density at radius 1 is 1.38 bits per heavy atom. The van der Waals surface area contributed by atoms with Gasteiger partial charge in [-0.2, -0.15) is 0 Å². The monoisotopic (exact) mass is 379 g/mol. The average Bonchev–Trinajstić information content (AvgIpc) is 2.99. The Hall–Kier alpha value is -1.86. The normalized spacial score (nSPS) is 20.2. The van der Waals surface area contributed by atoms with Crippen LogP contribution in [0.5, 0.6) is 0 Å². The molecular weight excluding hydrogens is 356 g/mol. The average molecular weight is 379 g/mol. The number of rotatable bonds is 5. The Labute approximate surface area is 156 Å². The molecule has 1 aromatic carbocycles. The fraction of sp³-hybridized carbons (Fsp3) is 0.474. The largest absolute Gasteiger partial charge is 0.347 e. The zero-order valence-corrected chi connectivity index (χ0v) is 15.8. The molecule has 1 saturated heterocycles. The lowest BCUT2D eigenvalue weighted by Gasteiger charge is -2.33. The Balaban J connectivity index is 1.77. The molecule has 0 spiro atoms. The highest BCUT2D eigenvalue weighted by atomic mass is 32.1. The lowest BCUT2D eigenvalue weighted by molar-refractivity contribution is 0.0927. The molecule has 2 atom stereocenters. The summed E-state index contributed by atoms with van der Waals surface area (Å²) in [6.07, 6.45) is 2.60. The topological polar surface area (TPSA) is 54.0 Å². The van der Waals surface area contributed by atoms with Crippen molar-refractivity contribution in [1.82, 2.24) is 15.6 Å². The number of carbonyl (C=O) groups excluding carboxylic acids is 1. The van der Waals surface area contributed by atoms with Gasteiger partial charge < -0.3 is 10.6 Å². The number of hydrogen-bond donors (Lipinski definition) is 2. The van der Waals surface area contributed by atoms with Crippen LogP contribution in [0.3, 0.4) is 0 Å². The molecule has 0 saturated carbocycles. The first-order chi connectivity index (χ1) is 12.5. The molecule has 1 amide bonds. The van der Waals surface area contributed by atoms with E-state index in [1.54, 1.807) is 6.07 Å². The van der Waals surface area contributed by atoms with E-state index < -0.39 is 11.6 Å². The summed E-state index contributed by atoms with van der Waals surface area (Å²) >= 11 is 1.43. The van der Waals surface area contributed by atoms with Crippen LogP contribution >= 0.6 is 11.3 Å². The highest BCUT2D eigenvalue weighted by molar-refractivity contribution is 7.13. The van der Waals surface area contributed by atoms with Crippen LogP contribution in [0.1, 0.15) is 51.6 Å². The van der Waals surface area contributed by atoms with Crippen molar-refractivity contribution in [1.29, 1.82) is 0 Å². The van der Waals surface area contributed by atoms with Gasteiger partial charge in [-0.15, -0.1) is 11.3 Å². The van der Waals surface area contributed by atoms with Crippen molar-refractivity contribution in [2.75, 3.05) is 13.1 Å². The van der Waals surface area contributed by atoms with Gasteiger partial charge in [0.25, 0.3) is 5.91 Å². The van der Waals surface area contributed by atoms with Gasteiger partial charge in [-0.1, -0.05) is 13.0 Å². The number of piperidine rings is 1. The lowest BCUT2D eigenvalue weighted by atomic mass is 9.86. The maximum absolute atomic E-state index is 13.6. The van der Waals surface area contributed by atoms with Gasteiger partial charge in [0.2, 0.25) is 0 Å². The van der Waals surface area contributed by atoms with Crippen LogP contribution < -0.4 is 10.6 Å². The molecule has 7 heteroatoms. The summed E-state index contributed by atoms with van der Waals surface area (Å²) < 4.78 is 26.9. The van der Waals surface area contributed by atoms with Crippen molar-refractivity contribution in [3.8, 4) is 0 Å². The van der Waals surface area contributed by atoms with E-state index in [0.717, 1.165) is 42.6 Å². The summed E-state index contributed by atoms with van der Waals surface area (Å²) in [6, 6.07) is 3.81. The zero-order valence-electron chi connectivity index (χ0n) is 14.9. The maximum Gasteiger partial charge on any atom is 0.263 e. The zero-order chi connectivity index (χ0) is 18.7. The number of amides is 1. The van der Waals surface area contributed by atoms with Crippen LogP contribution in [0.15, 0.2) is 18.2 Å². The second-order valence-electron chi connectivity index (χ2n) is 6.62. The summed E-state index contributed by atoms with van der Waals surface area (Å²) in [4.78, 5) is 17.8. The molecule has 0 bridgehead atoms. The van der Waals surface area contributed by atoms with E-state index in [1.165, 1.54) is 17.4 Å². The van der Waals surface area contributed by atoms with Crippen molar-refractivity contribution in [2.45, 2.75) is 45.1 Å². The fourth-order valence-corrected chi connectivity index (χ4v) is 4.44. The number of aryl methyl sites for hydroxylation is 2. The first-order valence-electron chi connectivity index (χ1n) is 8.92. The second kappa shape index (κ2) is 8.22. The van der Waals surface area contributed by atoms with E-state index in [4.69, 9.17) is 0 Å². The van der Waals surface area contributed by atoms with Crippen molar-refractivity contribution in [3.05, 3.63) is 51.0 Å². The van der Waals surface area contributed by atoms with Gasteiger partial charge in [-0.25, -0.2) is 13.8 Å². The standard InChI is InChI=1S/C19H23F2N3OS/c1-3-4-17-23-11(2)18(26-17)19(25)24-16-10-22-8-7-13(16)12-5-6-14(20)15(21)9-12/h5-6,9,13,16,22H,3-4,7-8,10H2,1-2H3,(H,24,25). The molecule has 4 nitrogen and oxygen atoms in total. The summed E-state index contributed by atoms with van der Waals surface area (Å²) in [5, 5.41) is 7.30. The Morgan fingerprint density at radius 3 is 2.92 bits per heavy atom. The van der Waals surface area contributed by atoms with E-state index in [2.05, 4.69) is 22.5 Å². The number of thiazole rings is 1. The number of hydrogen-bond acceptors (Lipinski definition) is 4. The molecule has 140 valence electrons. The number of aromatic nitrogens is 1. The van der Waals surface area contributed by atoms with Gasteiger partial charge in [-0.05, 0) is 50.4 Å². The van der Waals surface area contributed by atoms with Crippen LogP contribution in [0.4, 0.5) is 8.78 Å². The van der Waals surface area contributed by atoms with Crippen LogP contribution in [-0.4, -0.2) is 30.0 Å². The first kappa shape index (κ1) is 18.9. The van der Waals surface area contributed by atoms with Crippen molar-refractivity contribution >= 4 is 17.2 Å². The Bertz CT molecular complexity index is 793. The van der Waals surface area contributed by atoms with Crippen LogP contribution in [-0.2, 0) is 6.42 Å². The van der Waals surface area contributed by atoms with Gasteiger partial charge >= 0.3 is 0 Å². The molecule has 2 heterocycles. The number of halogens is 2. The molecule has 3 rings (SSSR count). The van der Waals surface area contributed by atoms with E-state index in [0.29, 0.717) is 17.0 Å². The van der Waals surface area contributed by atoms with E-state index in [1.807, 2.05) is 6.92 Å². The fourth-order valence-electron chi connectivity index (χ4n) is 3.37. The summed E-state index contributed by atoms with van der Waals surface area (Å²) in [7, 11) is 0. The van der Waals surface area contributed by atoms with E-state index in [-0.39, 0.29) is 17.9 Å². The quantitative estimate of drug-likeness (QED) is 0.835. The van der Waals surface area contributed by atoms with Gasteiger partial charge in [-0.3, -0.25) is 4.79 Å². The van der Waals surface area contributed by atoms with Crippen molar-refractivity contribution in [3.63, 3.8) is 0 Å². The van der Waals surface area contributed by atoms with Gasteiger partial charge in [0.1, 0.15) is 4.88 Å². The Kier molecular flexibility index (Phi) is 5.98. The predicted molar refractivity (Wildman–Crippen MR) is 98.7 cm³/mol. The first-order valence-corrected chi connectivity index (χ1v) is 9.74. The molecule has 1 aliphatic heterocycles. The molecule has 2 unspecified atom stereocenters. The maximum atomic E-state index is 13.6. The third kappa shape index (κ3) is 4.10. The molecule has 0 radical (unpaired) electrons. The number of nitrogens with one attached hydrogen (secondary N) is 2. The number of carbonyl (C=O) groups is 1. The molecule has 1 aliphatic rings. The van der Waals surface area contributed by atoms with Crippen LogP contribution in [0.25, 0.3) is 0 Å². The summed E-state index contributed by atoms with van der Waals surface area (Å²) in [6.45, 7) is 5.29. The van der Waals surface area contributed by atoms with E-state index >= 15 is 0 Å². The third-order valence-electron chi connectivity index (χ3n) is 4.68. The van der Waals surface area contributed by atoms with Crippen molar-refractivity contribution in [2.24, 2.45) is 0 Å². The molecular formula is C19H23F2N3OS. The van der Waals surface area contributed by atoms with Gasteiger partial charge in [0.15, 0.2) is 11.6 Å². The Morgan fingerprint density at radius 2 is 2.19 bits per heavy atom. The van der Waals surface area contributed by atoms with Gasteiger partial charge in [0.05, 0.1) is 10.7 Å². The number of benzene rings is 1. The molecule has 1 aromatic heterocycles. The molecule has 26 heavy (non-hydrogen) atoms. The molecule has 0 aliphatic carbocycles. The summed E-state index contributed by atoms with van der Waals surface area (Å²) in [5.41, 5.74) is 1.45.